The number of hydrogen-bond donors (Lipinski definition) is 0. The lowest BCUT2D eigenvalue weighted by atomic mass is 9.70. The highest BCUT2D eigenvalue weighted by Gasteiger charge is 2.40. The van der Waals surface area contributed by atoms with E-state index in [1.165, 1.54) is 25.0 Å². The van der Waals surface area contributed by atoms with E-state index < -0.39 is 0 Å². The first-order chi connectivity index (χ1) is 5.72. The van der Waals surface area contributed by atoms with Crippen LogP contribution in [0.15, 0.2) is 11.3 Å². The second-order valence-corrected chi connectivity index (χ2v) is 4.23. The molecule has 1 aliphatic carbocycles. The molecule has 0 aromatic rings. The number of fused-ring (bicyclic) bond motifs is 1. The van der Waals surface area contributed by atoms with Crippen molar-refractivity contribution in [2.75, 3.05) is 0 Å². The van der Waals surface area contributed by atoms with Gasteiger partial charge in [0.1, 0.15) is 0 Å². The van der Waals surface area contributed by atoms with Gasteiger partial charge in [-0.15, -0.1) is 0 Å². The van der Waals surface area contributed by atoms with Crippen molar-refractivity contribution in [1.82, 2.24) is 0 Å². The minimum atomic E-state index is 0.572. The molecule has 68 valence electrons. The van der Waals surface area contributed by atoms with Gasteiger partial charge < -0.3 is 4.74 Å². The van der Waals surface area contributed by atoms with Crippen LogP contribution in [0.2, 0.25) is 0 Å². The SMILES string of the molecule is CCC(C)C1=C(C)OC2CC1C2. The molecule has 1 saturated carbocycles. The molecule has 0 N–H and O–H groups in total. The van der Waals surface area contributed by atoms with Crippen LogP contribution in [0.25, 0.3) is 0 Å². The Morgan fingerprint density at radius 2 is 2.17 bits per heavy atom. The van der Waals surface area contributed by atoms with Crippen LogP contribution in [0.3, 0.4) is 0 Å². The van der Waals surface area contributed by atoms with E-state index in [2.05, 4.69) is 20.8 Å². The van der Waals surface area contributed by atoms with E-state index >= 15 is 0 Å². The Morgan fingerprint density at radius 1 is 1.50 bits per heavy atom. The second-order valence-electron chi connectivity index (χ2n) is 4.23. The van der Waals surface area contributed by atoms with Gasteiger partial charge in [-0.1, -0.05) is 13.8 Å². The Hall–Kier alpha value is -0.460. The summed E-state index contributed by atoms with van der Waals surface area (Å²) >= 11 is 0. The van der Waals surface area contributed by atoms with Gasteiger partial charge in [-0.25, -0.2) is 0 Å². The Balaban J connectivity index is 2.19. The lowest BCUT2D eigenvalue weighted by molar-refractivity contribution is -0.0132. The molecular weight excluding hydrogens is 148 g/mol. The van der Waals surface area contributed by atoms with Crippen LogP contribution in [0.5, 0.6) is 0 Å². The average Bonchev–Trinajstić information content (AvgIpc) is 2.00. The topological polar surface area (TPSA) is 9.23 Å². The third-order valence-electron chi connectivity index (χ3n) is 3.43. The molecule has 0 radical (unpaired) electrons. The zero-order valence-electron chi connectivity index (χ0n) is 8.26. The van der Waals surface area contributed by atoms with Crippen molar-refractivity contribution in [3.8, 4) is 0 Å². The molecule has 1 heteroatoms. The summed E-state index contributed by atoms with van der Waals surface area (Å²) < 4.78 is 5.77. The summed E-state index contributed by atoms with van der Waals surface area (Å²) in [7, 11) is 0. The normalized spacial score (nSPS) is 35.6. The molecule has 1 unspecified atom stereocenters. The molecular formula is C11H18O. The number of ether oxygens (including phenoxy) is 1. The summed E-state index contributed by atoms with van der Waals surface area (Å²) in [6, 6.07) is 0. The van der Waals surface area contributed by atoms with Gasteiger partial charge in [0.2, 0.25) is 0 Å². The van der Waals surface area contributed by atoms with E-state index in [-0.39, 0.29) is 0 Å². The van der Waals surface area contributed by atoms with Crippen molar-refractivity contribution < 1.29 is 4.74 Å². The molecule has 1 atom stereocenters. The van der Waals surface area contributed by atoms with Crippen molar-refractivity contribution in [3.05, 3.63) is 11.3 Å². The standard InChI is InChI=1S/C11H18O/c1-4-7(2)11-8(3)12-10-5-9(11)6-10/h7,9-10H,4-6H2,1-3H3. The maximum atomic E-state index is 5.77. The Labute approximate surface area is 74.8 Å². The Bertz CT molecular complexity index is 211. The molecule has 1 fully saturated rings. The van der Waals surface area contributed by atoms with Crippen LogP contribution in [-0.4, -0.2) is 6.10 Å². The van der Waals surface area contributed by atoms with Gasteiger partial charge in [0.05, 0.1) is 11.9 Å². The predicted octanol–water partition coefficient (Wildman–Crippen LogP) is 3.12. The largest absolute Gasteiger partial charge is 0.495 e. The van der Waals surface area contributed by atoms with Crippen molar-refractivity contribution in [1.29, 1.82) is 0 Å². The first-order valence-corrected chi connectivity index (χ1v) is 5.09. The van der Waals surface area contributed by atoms with Gasteiger partial charge in [-0.05, 0) is 43.6 Å². The molecule has 0 spiro atoms. The third kappa shape index (κ3) is 1.07. The van der Waals surface area contributed by atoms with E-state index in [9.17, 15) is 0 Å². The monoisotopic (exact) mass is 166 g/mol. The van der Waals surface area contributed by atoms with Crippen LogP contribution in [0, 0.1) is 11.8 Å². The first kappa shape index (κ1) is 8.15. The molecule has 0 saturated heterocycles. The van der Waals surface area contributed by atoms with E-state index in [0.29, 0.717) is 6.10 Å². The van der Waals surface area contributed by atoms with E-state index in [1.54, 1.807) is 5.57 Å². The molecule has 0 amide bonds. The lowest BCUT2D eigenvalue weighted by Gasteiger charge is -2.45. The summed E-state index contributed by atoms with van der Waals surface area (Å²) in [4.78, 5) is 0. The molecule has 2 bridgehead atoms. The Kier molecular flexibility index (Phi) is 1.90. The summed E-state index contributed by atoms with van der Waals surface area (Å²) in [5.74, 6) is 2.84. The molecule has 0 aromatic heterocycles. The molecule has 12 heavy (non-hydrogen) atoms. The van der Waals surface area contributed by atoms with Crippen LogP contribution in [0.4, 0.5) is 0 Å². The van der Waals surface area contributed by atoms with Gasteiger partial charge in [-0.3, -0.25) is 0 Å². The molecule has 1 nitrogen and oxygen atoms in total. The first-order valence-electron chi connectivity index (χ1n) is 5.09. The van der Waals surface area contributed by atoms with Gasteiger partial charge in [0.15, 0.2) is 0 Å². The van der Waals surface area contributed by atoms with Crippen molar-refractivity contribution in [3.63, 3.8) is 0 Å². The molecule has 3 rings (SSSR count). The maximum absolute atomic E-state index is 5.77. The molecule has 0 aromatic carbocycles. The highest BCUT2D eigenvalue weighted by atomic mass is 16.5. The quantitative estimate of drug-likeness (QED) is 0.612. The minimum Gasteiger partial charge on any atom is -0.495 e. The van der Waals surface area contributed by atoms with Gasteiger partial charge in [0, 0.05) is 0 Å². The predicted molar refractivity (Wildman–Crippen MR) is 49.8 cm³/mol. The highest BCUT2D eigenvalue weighted by Crippen LogP contribution is 2.46. The average molecular weight is 166 g/mol. The molecule has 3 aliphatic rings. The van der Waals surface area contributed by atoms with Crippen LogP contribution < -0.4 is 0 Å². The summed E-state index contributed by atoms with van der Waals surface area (Å²) in [5, 5.41) is 0. The number of rotatable bonds is 2. The number of allylic oxidation sites excluding steroid dienone is 2. The maximum Gasteiger partial charge on any atom is 0.0993 e. The lowest BCUT2D eigenvalue weighted by Crippen LogP contribution is -2.39. The second kappa shape index (κ2) is 2.79. The number of hydrogen-bond acceptors (Lipinski definition) is 1. The Morgan fingerprint density at radius 3 is 2.67 bits per heavy atom. The third-order valence-corrected chi connectivity index (χ3v) is 3.43. The summed E-state index contributed by atoms with van der Waals surface area (Å²) in [6.45, 7) is 6.72. The van der Waals surface area contributed by atoms with Crippen molar-refractivity contribution >= 4 is 0 Å². The summed E-state index contributed by atoms with van der Waals surface area (Å²) in [5.41, 5.74) is 1.61. The van der Waals surface area contributed by atoms with Crippen LogP contribution >= 0.6 is 0 Å². The highest BCUT2D eigenvalue weighted by molar-refractivity contribution is 5.21. The van der Waals surface area contributed by atoms with Crippen LogP contribution in [-0.2, 0) is 4.74 Å². The van der Waals surface area contributed by atoms with E-state index in [1.807, 2.05) is 0 Å². The summed E-state index contributed by atoms with van der Waals surface area (Å²) in [6.07, 6.45) is 4.40. The molecule has 2 heterocycles. The van der Waals surface area contributed by atoms with E-state index in [4.69, 9.17) is 4.74 Å². The van der Waals surface area contributed by atoms with Crippen LogP contribution in [0.1, 0.15) is 40.0 Å². The smallest absolute Gasteiger partial charge is 0.0993 e. The van der Waals surface area contributed by atoms with Gasteiger partial charge >= 0.3 is 0 Å². The van der Waals surface area contributed by atoms with E-state index in [0.717, 1.165) is 11.8 Å². The molecule has 2 aliphatic heterocycles. The fourth-order valence-electron chi connectivity index (χ4n) is 2.49. The van der Waals surface area contributed by atoms with Crippen molar-refractivity contribution in [2.45, 2.75) is 46.1 Å². The zero-order chi connectivity index (χ0) is 8.72. The minimum absolute atomic E-state index is 0.572. The zero-order valence-corrected chi connectivity index (χ0v) is 8.26. The fourth-order valence-corrected chi connectivity index (χ4v) is 2.49. The fraction of sp³-hybridized carbons (Fsp3) is 0.818. The van der Waals surface area contributed by atoms with Crippen molar-refractivity contribution in [2.24, 2.45) is 11.8 Å². The van der Waals surface area contributed by atoms with Gasteiger partial charge in [-0.2, -0.15) is 0 Å². The van der Waals surface area contributed by atoms with Gasteiger partial charge in [0.25, 0.3) is 0 Å².